The summed E-state index contributed by atoms with van der Waals surface area (Å²) in [6.07, 6.45) is 2.59. The van der Waals surface area contributed by atoms with Gasteiger partial charge in [-0.25, -0.2) is 4.79 Å². The van der Waals surface area contributed by atoms with Gasteiger partial charge in [0, 0.05) is 38.2 Å². The van der Waals surface area contributed by atoms with Gasteiger partial charge in [0.25, 0.3) is 0 Å². The van der Waals surface area contributed by atoms with Gasteiger partial charge in [-0.05, 0) is 51.5 Å². The molecule has 1 aliphatic heterocycles. The van der Waals surface area contributed by atoms with Crippen LogP contribution in [0.25, 0.3) is 0 Å². The summed E-state index contributed by atoms with van der Waals surface area (Å²) in [6, 6.07) is -0.410. The molecule has 0 aromatic carbocycles. The second-order valence-electron chi connectivity index (χ2n) is 9.33. The fourth-order valence-electron chi connectivity index (χ4n) is 5.17. The Labute approximate surface area is 183 Å². The van der Waals surface area contributed by atoms with Gasteiger partial charge in [0.05, 0.1) is 0 Å². The zero-order valence-corrected chi connectivity index (χ0v) is 18.7. The number of amides is 2. The third-order valence-corrected chi connectivity index (χ3v) is 6.96. The van der Waals surface area contributed by atoms with Crippen molar-refractivity contribution in [2.24, 2.45) is 11.8 Å². The molecule has 4 N–H and O–H groups in total. The lowest BCUT2D eigenvalue weighted by Crippen LogP contribution is -2.58. The first-order chi connectivity index (χ1) is 14.7. The van der Waals surface area contributed by atoms with Crippen LogP contribution in [-0.4, -0.2) is 72.3 Å². The number of hydrogen-bond acceptors (Lipinski definition) is 4. The van der Waals surface area contributed by atoms with E-state index in [1.807, 2.05) is 7.05 Å². The van der Waals surface area contributed by atoms with Gasteiger partial charge in [0.15, 0.2) is 5.60 Å². The Hall–Kier alpha value is -1.06. The van der Waals surface area contributed by atoms with Crippen molar-refractivity contribution in [2.75, 3.05) is 33.3 Å². The number of halogens is 3. The van der Waals surface area contributed by atoms with Crippen LogP contribution in [0, 0.1) is 11.8 Å². The molecule has 0 radical (unpaired) electrons. The molecule has 182 valence electrons. The average molecular weight is 452 g/mol. The molecule has 2 fully saturated rings. The number of rotatable bonds is 10. The number of unbranched alkanes of at least 4 members (excludes halogenated alkanes) is 1. The highest BCUT2D eigenvalue weighted by atomic mass is 19.4. The number of carbonyl (C=O) groups excluding carboxylic acids is 1. The summed E-state index contributed by atoms with van der Waals surface area (Å²) in [4.78, 5) is 14.3. The van der Waals surface area contributed by atoms with Gasteiger partial charge >= 0.3 is 12.2 Å². The lowest BCUT2D eigenvalue weighted by molar-refractivity contribution is -0.286. The molecule has 2 aliphatic rings. The summed E-state index contributed by atoms with van der Waals surface area (Å²) in [5.74, 6) is -0.491. The van der Waals surface area contributed by atoms with E-state index in [1.165, 1.54) is 24.2 Å². The Morgan fingerprint density at radius 1 is 1.13 bits per heavy atom. The number of carbonyl (C=O) groups is 1. The summed E-state index contributed by atoms with van der Waals surface area (Å²) < 4.78 is 41.3. The fraction of sp³-hybridized carbons (Fsp3) is 0.955. The van der Waals surface area contributed by atoms with Crippen molar-refractivity contribution >= 4 is 6.03 Å². The number of aliphatic hydroxyl groups is 2. The number of piperidine rings is 1. The number of alkyl halides is 3. The smallest absolute Gasteiger partial charge is 0.396 e. The quantitative estimate of drug-likeness (QED) is 0.384. The normalized spacial score (nSPS) is 23.9. The van der Waals surface area contributed by atoms with Crippen LogP contribution in [0.5, 0.6) is 0 Å². The van der Waals surface area contributed by atoms with Crippen molar-refractivity contribution in [3.8, 4) is 0 Å². The topological polar surface area (TPSA) is 84.8 Å². The number of likely N-dealkylation sites (N-methyl/N-ethyl adjacent to an activating group) is 1. The Morgan fingerprint density at radius 2 is 1.84 bits per heavy atom. The van der Waals surface area contributed by atoms with Crippen molar-refractivity contribution in [3.63, 3.8) is 0 Å². The molecule has 1 saturated heterocycles. The first kappa shape index (κ1) is 26.2. The van der Waals surface area contributed by atoms with Crippen LogP contribution in [0.4, 0.5) is 18.0 Å². The molecular formula is C22H40F3N3O3. The molecule has 2 rings (SSSR count). The monoisotopic (exact) mass is 451 g/mol. The van der Waals surface area contributed by atoms with Gasteiger partial charge in [0.1, 0.15) is 0 Å². The van der Waals surface area contributed by atoms with E-state index < -0.39 is 24.1 Å². The minimum Gasteiger partial charge on any atom is -0.396 e. The van der Waals surface area contributed by atoms with Gasteiger partial charge in [-0.3, -0.25) is 0 Å². The Morgan fingerprint density at radius 3 is 2.45 bits per heavy atom. The van der Waals surface area contributed by atoms with E-state index >= 15 is 0 Å². The molecule has 1 saturated carbocycles. The highest BCUT2D eigenvalue weighted by Crippen LogP contribution is 2.43. The number of urea groups is 1. The van der Waals surface area contributed by atoms with Crippen molar-refractivity contribution in [1.29, 1.82) is 0 Å². The van der Waals surface area contributed by atoms with Crippen LogP contribution in [0.2, 0.25) is 0 Å². The van der Waals surface area contributed by atoms with Crippen LogP contribution >= 0.6 is 0 Å². The summed E-state index contributed by atoms with van der Waals surface area (Å²) >= 11 is 0. The van der Waals surface area contributed by atoms with E-state index in [9.17, 15) is 23.1 Å². The van der Waals surface area contributed by atoms with Crippen molar-refractivity contribution in [3.05, 3.63) is 0 Å². The summed E-state index contributed by atoms with van der Waals surface area (Å²) in [5, 5.41) is 25.6. The van der Waals surface area contributed by atoms with Crippen LogP contribution in [-0.2, 0) is 0 Å². The first-order valence-electron chi connectivity index (χ1n) is 11.8. The number of nitrogens with one attached hydrogen (secondary N) is 2. The Kier molecular flexibility index (Phi) is 10.4. The third kappa shape index (κ3) is 7.49. The van der Waals surface area contributed by atoms with Gasteiger partial charge in [-0.15, -0.1) is 0 Å². The zero-order valence-electron chi connectivity index (χ0n) is 18.7. The molecule has 9 heteroatoms. The molecule has 0 spiro atoms. The minimum absolute atomic E-state index is 0.0629. The zero-order chi connectivity index (χ0) is 22.9. The van der Waals surface area contributed by atoms with Gasteiger partial charge in [-0.1, -0.05) is 32.1 Å². The number of aliphatic hydroxyl groups excluding tert-OH is 1. The molecular weight excluding hydrogens is 411 g/mol. The molecule has 6 nitrogen and oxygen atoms in total. The van der Waals surface area contributed by atoms with Crippen LogP contribution in [0.15, 0.2) is 0 Å². The van der Waals surface area contributed by atoms with Crippen molar-refractivity contribution in [1.82, 2.24) is 15.5 Å². The third-order valence-electron chi connectivity index (χ3n) is 6.96. The molecule has 31 heavy (non-hydrogen) atoms. The molecule has 0 aromatic rings. The highest BCUT2D eigenvalue weighted by molar-refractivity contribution is 5.74. The van der Waals surface area contributed by atoms with E-state index in [4.69, 9.17) is 5.11 Å². The predicted octanol–water partition coefficient (Wildman–Crippen LogP) is 3.42. The van der Waals surface area contributed by atoms with E-state index in [0.717, 1.165) is 19.3 Å². The van der Waals surface area contributed by atoms with E-state index in [1.54, 1.807) is 0 Å². The molecule has 0 aromatic heterocycles. The van der Waals surface area contributed by atoms with Crippen molar-refractivity contribution in [2.45, 2.75) is 88.4 Å². The van der Waals surface area contributed by atoms with Crippen LogP contribution < -0.4 is 10.6 Å². The molecule has 3 atom stereocenters. The SMILES string of the molecule is CNC[C@H](CC1CCCCC1)NC(=O)N1CCC[C@@H]([C@@](O)(CCCCO)C(F)(F)F)C1. The summed E-state index contributed by atoms with van der Waals surface area (Å²) in [7, 11) is 1.83. The highest BCUT2D eigenvalue weighted by Gasteiger charge is 2.58. The number of likely N-dealkylation sites (tertiary alicyclic amines) is 1. The average Bonchev–Trinajstić information content (AvgIpc) is 2.74. The molecule has 1 heterocycles. The summed E-state index contributed by atoms with van der Waals surface area (Å²) in [6.45, 7) is 0.688. The lowest BCUT2D eigenvalue weighted by atomic mass is 9.78. The fourth-order valence-corrected chi connectivity index (χ4v) is 5.17. The number of hydrogen-bond donors (Lipinski definition) is 4. The lowest BCUT2D eigenvalue weighted by Gasteiger charge is -2.43. The number of nitrogens with zero attached hydrogens (tertiary/aromatic N) is 1. The van der Waals surface area contributed by atoms with E-state index in [-0.39, 0.29) is 44.5 Å². The largest absolute Gasteiger partial charge is 0.417 e. The summed E-state index contributed by atoms with van der Waals surface area (Å²) in [5.41, 5.74) is -2.84. The second-order valence-corrected chi connectivity index (χ2v) is 9.33. The molecule has 2 amide bonds. The van der Waals surface area contributed by atoms with Crippen LogP contribution in [0.3, 0.4) is 0 Å². The minimum atomic E-state index is -4.78. The Bertz CT molecular complexity index is 544. The van der Waals surface area contributed by atoms with E-state index in [2.05, 4.69) is 10.6 Å². The Balaban J connectivity index is 2.00. The van der Waals surface area contributed by atoms with Gasteiger partial charge in [-0.2, -0.15) is 13.2 Å². The maximum atomic E-state index is 13.8. The molecule has 1 aliphatic carbocycles. The maximum Gasteiger partial charge on any atom is 0.417 e. The van der Waals surface area contributed by atoms with Crippen molar-refractivity contribution < 1.29 is 28.2 Å². The van der Waals surface area contributed by atoms with Gasteiger partial charge in [0.2, 0.25) is 0 Å². The molecule has 0 unspecified atom stereocenters. The molecule has 0 bridgehead atoms. The van der Waals surface area contributed by atoms with E-state index in [0.29, 0.717) is 25.4 Å². The van der Waals surface area contributed by atoms with Gasteiger partial charge < -0.3 is 25.7 Å². The standard InChI is InChI=1S/C22H40F3N3O3/c1-26-15-19(14-17-8-3-2-4-9-17)27-20(30)28-12-7-10-18(16-28)21(31,22(23,24)25)11-5-6-13-29/h17-19,26,29,31H,2-16H2,1H3,(H,27,30)/t18-,19+,21+/m1/s1. The predicted molar refractivity (Wildman–Crippen MR) is 114 cm³/mol. The second kappa shape index (κ2) is 12.3. The maximum absolute atomic E-state index is 13.8. The van der Waals surface area contributed by atoms with Crippen LogP contribution in [0.1, 0.15) is 70.6 Å². The first-order valence-corrected chi connectivity index (χ1v) is 11.8.